The Morgan fingerprint density at radius 3 is 2.61 bits per heavy atom. The first-order chi connectivity index (χ1) is 13.6. The number of pyridine rings is 1. The largest absolute Gasteiger partial charge is 0.348 e. The van der Waals surface area contributed by atoms with Gasteiger partial charge in [0.05, 0.1) is 18.3 Å². The Hall–Kier alpha value is -3.48. The number of carbonyl (C=O) groups excluding carboxylic acids is 1. The quantitative estimate of drug-likeness (QED) is 0.562. The molecule has 7 nitrogen and oxygen atoms in total. The lowest BCUT2D eigenvalue weighted by atomic mass is 10.1. The van der Waals surface area contributed by atoms with Crippen LogP contribution in [0.5, 0.6) is 0 Å². The third-order valence-corrected chi connectivity index (χ3v) is 4.56. The summed E-state index contributed by atoms with van der Waals surface area (Å²) in [4.78, 5) is 16.9. The Kier molecular flexibility index (Phi) is 4.89. The van der Waals surface area contributed by atoms with Crippen molar-refractivity contribution in [1.82, 2.24) is 29.9 Å². The number of aromatic nitrogens is 5. The monoisotopic (exact) mass is 374 g/mol. The first-order valence-corrected chi connectivity index (χ1v) is 9.27. The smallest absolute Gasteiger partial charge is 0.253 e. The molecule has 28 heavy (non-hydrogen) atoms. The highest BCUT2D eigenvalue weighted by molar-refractivity contribution is 5.96. The lowest BCUT2D eigenvalue weighted by Gasteiger charge is -2.08. The summed E-state index contributed by atoms with van der Waals surface area (Å²) in [5, 5.41) is 12.4. The van der Waals surface area contributed by atoms with Gasteiger partial charge in [0.2, 0.25) is 0 Å². The van der Waals surface area contributed by atoms with Gasteiger partial charge in [-0.25, -0.2) is 9.67 Å². The second-order valence-corrected chi connectivity index (χ2v) is 7.02. The van der Waals surface area contributed by atoms with Crippen molar-refractivity contribution in [1.29, 1.82) is 0 Å². The van der Waals surface area contributed by atoms with E-state index in [-0.39, 0.29) is 11.9 Å². The van der Waals surface area contributed by atoms with E-state index in [9.17, 15) is 4.79 Å². The topological polar surface area (TPSA) is 77.6 Å². The van der Waals surface area contributed by atoms with E-state index in [0.29, 0.717) is 12.1 Å². The molecule has 142 valence electrons. The van der Waals surface area contributed by atoms with Gasteiger partial charge >= 0.3 is 0 Å². The fourth-order valence-corrected chi connectivity index (χ4v) is 3.07. The lowest BCUT2D eigenvalue weighted by molar-refractivity contribution is 0.0950. The van der Waals surface area contributed by atoms with Crippen molar-refractivity contribution in [2.75, 3.05) is 0 Å². The van der Waals surface area contributed by atoms with Crippen LogP contribution >= 0.6 is 0 Å². The molecule has 7 heteroatoms. The molecule has 0 fully saturated rings. The van der Waals surface area contributed by atoms with Crippen LogP contribution in [0, 0.1) is 0 Å². The summed E-state index contributed by atoms with van der Waals surface area (Å²) in [7, 11) is 0. The maximum Gasteiger partial charge on any atom is 0.253 e. The van der Waals surface area contributed by atoms with E-state index < -0.39 is 0 Å². The van der Waals surface area contributed by atoms with Gasteiger partial charge in [0, 0.05) is 36.6 Å². The summed E-state index contributed by atoms with van der Waals surface area (Å²) < 4.78 is 3.73. The molecule has 1 N–H and O–H groups in total. The van der Waals surface area contributed by atoms with Gasteiger partial charge < -0.3 is 5.32 Å². The van der Waals surface area contributed by atoms with Gasteiger partial charge in [-0.15, -0.1) is 0 Å². The minimum atomic E-state index is -0.146. The molecule has 4 rings (SSSR count). The molecule has 3 heterocycles. The molecule has 0 saturated heterocycles. The Morgan fingerprint density at radius 2 is 1.89 bits per heavy atom. The molecule has 0 aliphatic heterocycles. The van der Waals surface area contributed by atoms with E-state index in [2.05, 4.69) is 46.5 Å². The van der Waals surface area contributed by atoms with E-state index in [1.54, 1.807) is 18.6 Å². The van der Waals surface area contributed by atoms with Gasteiger partial charge in [-0.3, -0.25) is 9.48 Å². The predicted octanol–water partition coefficient (Wildman–Crippen LogP) is 3.19. The van der Waals surface area contributed by atoms with E-state index >= 15 is 0 Å². The average Bonchev–Trinajstić information content (AvgIpc) is 3.36. The second-order valence-electron chi connectivity index (χ2n) is 7.02. The molecule has 0 spiro atoms. The molecule has 0 saturated carbocycles. The van der Waals surface area contributed by atoms with Crippen LogP contribution in [-0.4, -0.2) is 30.5 Å². The van der Waals surface area contributed by atoms with Crippen molar-refractivity contribution >= 4 is 16.9 Å². The standard InChI is InChI=1S/C21H22N6O/c1-15(2)27-20-18(13-25-27)10-19(12-22-20)21(28)23-11-16-4-6-17(7-5-16)14-26-9-3-8-24-26/h3-10,12-13,15H,11,14H2,1-2H3,(H,23,28). The van der Waals surface area contributed by atoms with E-state index in [4.69, 9.17) is 0 Å². The van der Waals surface area contributed by atoms with Crippen LogP contribution in [0.3, 0.4) is 0 Å². The van der Waals surface area contributed by atoms with Gasteiger partial charge in [-0.1, -0.05) is 24.3 Å². The summed E-state index contributed by atoms with van der Waals surface area (Å²) in [6.07, 6.45) is 7.05. The third-order valence-electron chi connectivity index (χ3n) is 4.56. The molecule has 0 bridgehead atoms. The minimum absolute atomic E-state index is 0.146. The van der Waals surface area contributed by atoms with Crippen molar-refractivity contribution in [3.8, 4) is 0 Å². The summed E-state index contributed by atoms with van der Waals surface area (Å²) in [6.45, 7) is 5.30. The predicted molar refractivity (Wildman–Crippen MR) is 107 cm³/mol. The van der Waals surface area contributed by atoms with Crippen LogP contribution < -0.4 is 5.32 Å². The zero-order valence-electron chi connectivity index (χ0n) is 15.9. The molecule has 0 aliphatic carbocycles. The Balaban J connectivity index is 1.39. The van der Waals surface area contributed by atoms with E-state index in [1.165, 1.54) is 0 Å². The molecular formula is C21H22N6O. The first kappa shape index (κ1) is 17.9. The van der Waals surface area contributed by atoms with Crippen LogP contribution in [-0.2, 0) is 13.1 Å². The number of nitrogens with one attached hydrogen (secondary N) is 1. The number of nitrogens with zero attached hydrogens (tertiary/aromatic N) is 5. The normalized spacial score (nSPS) is 11.2. The third kappa shape index (κ3) is 3.78. The van der Waals surface area contributed by atoms with Crippen molar-refractivity contribution in [3.63, 3.8) is 0 Å². The number of hydrogen-bond donors (Lipinski definition) is 1. The zero-order valence-corrected chi connectivity index (χ0v) is 15.9. The van der Waals surface area contributed by atoms with Crippen molar-refractivity contribution < 1.29 is 4.79 Å². The van der Waals surface area contributed by atoms with Crippen LogP contribution in [0.1, 0.15) is 41.4 Å². The van der Waals surface area contributed by atoms with Crippen molar-refractivity contribution in [3.05, 3.63) is 77.9 Å². The van der Waals surface area contributed by atoms with Crippen LogP contribution in [0.2, 0.25) is 0 Å². The average molecular weight is 374 g/mol. The molecule has 0 unspecified atom stereocenters. The maximum absolute atomic E-state index is 12.5. The van der Waals surface area contributed by atoms with Gasteiger partial charge in [0.1, 0.15) is 0 Å². The highest BCUT2D eigenvalue weighted by Gasteiger charge is 2.11. The Morgan fingerprint density at radius 1 is 1.11 bits per heavy atom. The van der Waals surface area contributed by atoms with E-state index in [1.807, 2.05) is 39.8 Å². The summed E-state index contributed by atoms with van der Waals surface area (Å²) in [6, 6.07) is 12.1. The van der Waals surface area contributed by atoms with Gasteiger partial charge in [0.15, 0.2) is 5.65 Å². The highest BCUT2D eigenvalue weighted by atomic mass is 16.1. The maximum atomic E-state index is 12.5. The zero-order chi connectivity index (χ0) is 19.5. The lowest BCUT2D eigenvalue weighted by Crippen LogP contribution is -2.23. The molecule has 1 aromatic carbocycles. The number of carbonyl (C=O) groups is 1. The molecule has 0 radical (unpaired) electrons. The Bertz CT molecular complexity index is 1080. The summed E-state index contributed by atoms with van der Waals surface area (Å²) in [5.41, 5.74) is 3.53. The molecule has 1 amide bonds. The van der Waals surface area contributed by atoms with Crippen molar-refractivity contribution in [2.24, 2.45) is 0 Å². The highest BCUT2D eigenvalue weighted by Crippen LogP contribution is 2.16. The van der Waals surface area contributed by atoms with Gasteiger partial charge in [-0.2, -0.15) is 10.2 Å². The number of benzene rings is 1. The molecular weight excluding hydrogens is 352 g/mol. The SMILES string of the molecule is CC(C)n1ncc2cc(C(=O)NCc3ccc(Cn4cccn4)cc3)cnc21. The number of hydrogen-bond acceptors (Lipinski definition) is 4. The molecule has 0 atom stereocenters. The Labute approximate surface area is 163 Å². The van der Waals surface area contributed by atoms with Crippen LogP contribution in [0.4, 0.5) is 0 Å². The van der Waals surface area contributed by atoms with Crippen LogP contribution in [0.15, 0.2) is 61.2 Å². The van der Waals surface area contributed by atoms with Crippen molar-refractivity contribution in [2.45, 2.75) is 33.0 Å². The number of rotatable bonds is 6. The summed E-state index contributed by atoms with van der Waals surface area (Å²) >= 11 is 0. The molecule has 3 aromatic heterocycles. The van der Waals surface area contributed by atoms with Gasteiger partial charge in [0.25, 0.3) is 5.91 Å². The molecule has 0 aliphatic rings. The molecule has 4 aromatic rings. The van der Waals surface area contributed by atoms with Crippen LogP contribution in [0.25, 0.3) is 11.0 Å². The van der Waals surface area contributed by atoms with E-state index in [0.717, 1.165) is 28.7 Å². The van der Waals surface area contributed by atoms with Gasteiger partial charge in [-0.05, 0) is 37.1 Å². The second kappa shape index (κ2) is 7.64. The fraction of sp³-hybridized carbons (Fsp3) is 0.238. The fourth-order valence-electron chi connectivity index (χ4n) is 3.07. The number of fused-ring (bicyclic) bond motifs is 1. The number of amides is 1. The first-order valence-electron chi connectivity index (χ1n) is 9.27. The summed E-state index contributed by atoms with van der Waals surface area (Å²) in [5.74, 6) is -0.146. The minimum Gasteiger partial charge on any atom is -0.348 e.